The molecule has 5 heteroatoms. The lowest BCUT2D eigenvalue weighted by Crippen LogP contribution is -2.01. The fourth-order valence-corrected chi connectivity index (χ4v) is 7.49. The normalized spacial score (nSPS) is 11.2. The standard InChI is InChI=1S/C51H33N5/c1-5-17-34(18-6-1)38-27-15-29-41-39(38)28-16-30-43(41)46-33-47(53-48(52-46)35-19-7-2-8-20-35)44-31-32-45(42-26-14-13-25-40(42)44)51-55-49(36-21-9-3-10-22-36)54-50(56-51)37-23-11-4-12-24-37/h1-33H. The van der Waals surface area contributed by atoms with Gasteiger partial charge >= 0.3 is 0 Å². The Morgan fingerprint density at radius 2 is 0.554 bits per heavy atom. The van der Waals surface area contributed by atoms with Gasteiger partial charge in [0, 0.05) is 33.4 Å². The summed E-state index contributed by atoms with van der Waals surface area (Å²) >= 11 is 0. The minimum Gasteiger partial charge on any atom is -0.228 e. The highest BCUT2D eigenvalue weighted by Crippen LogP contribution is 2.39. The zero-order valence-electron chi connectivity index (χ0n) is 30.3. The zero-order chi connectivity index (χ0) is 37.3. The van der Waals surface area contributed by atoms with Crippen molar-refractivity contribution in [1.82, 2.24) is 24.9 Å². The molecule has 8 aromatic carbocycles. The number of nitrogens with zero attached hydrogens (tertiary/aromatic N) is 5. The van der Waals surface area contributed by atoms with Gasteiger partial charge in [0.15, 0.2) is 23.3 Å². The lowest BCUT2D eigenvalue weighted by molar-refractivity contribution is 1.08. The number of hydrogen-bond donors (Lipinski definition) is 0. The minimum absolute atomic E-state index is 0.610. The van der Waals surface area contributed by atoms with E-state index in [0.29, 0.717) is 23.3 Å². The van der Waals surface area contributed by atoms with Crippen LogP contribution >= 0.6 is 0 Å². The first-order valence-electron chi connectivity index (χ1n) is 18.7. The van der Waals surface area contributed by atoms with Crippen LogP contribution in [-0.2, 0) is 0 Å². The highest BCUT2D eigenvalue weighted by Gasteiger charge is 2.19. The molecule has 0 radical (unpaired) electrons. The maximum atomic E-state index is 5.25. The second-order valence-corrected chi connectivity index (χ2v) is 13.6. The van der Waals surface area contributed by atoms with E-state index in [2.05, 4.69) is 121 Å². The molecule has 5 nitrogen and oxygen atoms in total. The van der Waals surface area contributed by atoms with E-state index < -0.39 is 0 Å². The molecule has 56 heavy (non-hydrogen) atoms. The van der Waals surface area contributed by atoms with E-state index >= 15 is 0 Å². The molecule has 2 heterocycles. The van der Waals surface area contributed by atoms with Gasteiger partial charge in [-0.3, -0.25) is 0 Å². The Morgan fingerprint density at radius 3 is 1.07 bits per heavy atom. The van der Waals surface area contributed by atoms with Gasteiger partial charge in [-0.1, -0.05) is 188 Å². The molecule has 262 valence electrons. The van der Waals surface area contributed by atoms with Gasteiger partial charge in [-0.2, -0.15) is 0 Å². The third-order valence-corrected chi connectivity index (χ3v) is 10.2. The number of hydrogen-bond acceptors (Lipinski definition) is 5. The summed E-state index contributed by atoms with van der Waals surface area (Å²) in [6.45, 7) is 0. The van der Waals surface area contributed by atoms with Crippen LogP contribution < -0.4 is 0 Å². The summed E-state index contributed by atoms with van der Waals surface area (Å²) in [5.74, 6) is 2.53. The van der Waals surface area contributed by atoms with E-state index in [1.54, 1.807) is 0 Å². The molecule has 0 fully saturated rings. The molecule has 0 spiro atoms. The number of aromatic nitrogens is 5. The highest BCUT2D eigenvalue weighted by molar-refractivity contribution is 6.06. The summed E-state index contributed by atoms with van der Waals surface area (Å²) in [4.78, 5) is 25.6. The average Bonchev–Trinajstić information content (AvgIpc) is 3.29. The predicted molar refractivity (Wildman–Crippen MR) is 228 cm³/mol. The van der Waals surface area contributed by atoms with Gasteiger partial charge in [0.05, 0.1) is 11.4 Å². The largest absolute Gasteiger partial charge is 0.228 e. The summed E-state index contributed by atoms with van der Waals surface area (Å²) in [6, 6.07) is 68.7. The van der Waals surface area contributed by atoms with Crippen molar-refractivity contribution in [2.75, 3.05) is 0 Å². The van der Waals surface area contributed by atoms with E-state index in [-0.39, 0.29) is 0 Å². The Morgan fingerprint density at radius 1 is 0.214 bits per heavy atom. The molecular formula is C51H33N5. The molecule has 0 bridgehead atoms. The molecule has 10 rings (SSSR count). The molecule has 0 aliphatic rings. The smallest absolute Gasteiger partial charge is 0.164 e. The fraction of sp³-hybridized carbons (Fsp3) is 0. The molecule has 10 aromatic rings. The van der Waals surface area contributed by atoms with Crippen molar-refractivity contribution in [3.8, 4) is 79.2 Å². The van der Waals surface area contributed by atoms with Crippen molar-refractivity contribution in [3.05, 3.63) is 200 Å². The number of benzene rings is 8. The van der Waals surface area contributed by atoms with Crippen LogP contribution in [0.1, 0.15) is 0 Å². The molecule has 0 N–H and O–H groups in total. The lowest BCUT2D eigenvalue weighted by Gasteiger charge is -2.15. The van der Waals surface area contributed by atoms with Crippen molar-refractivity contribution < 1.29 is 0 Å². The minimum atomic E-state index is 0.610. The second-order valence-electron chi connectivity index (χ2n) is 13.6. The van der Waals surface area contributed by atoms with Crippen LogP contribution in [0.2, 0.25) is 0 Å². The quantitative estimate of drug-likeness (QED) is 0.164. The molecule has 0 unspecified atom stereocenters. The summed E-state index contributed by atoms with van der Waals surface area (Å²) in [7, 11) is 0. The molecule has 0 saturated carbocycles. The number of rotatable bonds is 7. The maximum Gasteiger partial charge on any atom is 0.164 e. The van der Waals surface area contributed by atoms with Gasteiger partial charge in [-0.25, -0.2) is 24.9 Å². The van der Waals surface area contributed by atoms with Crippen LogP contribution in [0.25, 0.3) is 101 Å². The zero-order valence-corrected chi connectivity index (χ0v) is 30.3. The Labute approximate surface area is 324 Å². The summed E-state index contributed by atoms with van der Waals surface area (Å²) in [5.41, 5.74) is 9.84. The van der Waals surface area contributed by atoms with Crippen molar-refractivity contribution >= 4 is 21.5 Å². The van der Waals surface area contributed by atoms with Crippen molar-refractivity contribution in [2.24, 2.45) is 0 Å². The van der Waals surface area contributed by atoms with Gasteiger partial charge < -0.3 is 0 Å². The van der Waals surface area contributed by atoms with E-state index in [1.807, 2.05) is 78.9 Å². The molecule has 0 saturated heterocycles. The Balaban J connectivity index is 1.17. The summed E-state index contributed by atoms with van der Waals surface area (Å²) in [5, 5.41) is 4.37. The van der Waals surface area contributed by atoms with Crippen LogP contribution in [0.3, 0.4) is 0 Å². The van der Waals surface area contributed by atoms with Crippen LogP contribution in [0, 0.1) is 0 Å². The van der Waals surface area contributed by atoms with Crippen molar-refractivity contribution in [3.63, 3.8) is 0 Å². The van der Waals surface area contributed by atoms with Gasteiger partial charge in [-0.05, 0) is 44.8 Å². The van der Waals surface area contributed by atoms with Gasteiger partial charge in [0.1, 0.15) is 0 Å². The molecular weight excluding hydrogens is 683 g/mol. The second kappa shape index (κ2) is 14.3. The van der Waals surface area contributed by atoms with Crippen LogP contribution in [-0.4, -0.2) is 24.9 Å². The topological polar surface area (TPSA) is 64.5 Å². The SMILES string of the molecule is c1ccc(-c2nc(-c3cccc4c(-c5ccccc5)cccc34)cc(-c3ccc(-c4nc(-c5ccccc5)nc(-c5ccccc5)n4)c4ccccc34)n2)cc1. The van der Waals surface area contributed by atoms with Gasteiger partial charge in [0.25, 0.3) is 0 Å². The average molecular weight is 716 g/mol. The Hall–Kier alpha value is -7.63. The number of fused-ring (bicyclic) bond motifs is 2. The van der Waals surface area contributed by atoms with E-state index in [0.717, 1.165) is 60.9 Å². The highest BCUT2D eigenvalue weighted by atomic mass is 15.0. The third kappa shape index (κ3) is 6.17. The van der Waals surface area contributed by atoms with Crippen LogP contribution in [0.15, 0.2) is 200 Å². The fourth-order valence-electron chi connectivity index (χ4n) is 7.49. The maximum absolute atomic E-state index is 5.25. The molecule has 0 atom stereocenters. The summed E-state index contributed by atoms with van der Waals surface area (Å²) in [6.07, 6.45) is 0. The van der Waals surface area contributed by atoms with E-state index in [4.69, 9.17) is 24.9 Å². The van der Waals surface area contributed by atoms with Crippen LogP contribution in [0.4, 0.5) is 0 Å². The van der Waals surface area contributed by atoms with Gasteiger partial charge in [0.2, 0.25) is 0 Å². The molecule has 0 aliphatic heterocycles. The van der Waals surface area contributed by atoms with E-state index in [9.17, 15) is 0 Å². The lowest BCUT2D eigenvalue weighted by atomic mass is 9.93. The Bertz CT molecular complexity index is 2950. The third-order valence-electron chi connectivity index (χ3n) is 10.2. The first kappa shape index (κ1) is 33.0. The first-order chi connectivity index (χ1) is 27.8. The molecule has 2 aromatic heterocycles. The van der Waals surface area contributed by atoms with Crippen LogP contribution in [0.5, 0.6) is 0 Å². The summed E-state index contributed by atoms with van der Waals surface area (Å²) < 4.78 is 0. The first-order valence-corrected chi connectivity index (χ1v) is 18.7. The van der Waals surface area contributed by atoms with E-state index in [1.165, 1.54) is 16.5 Å². The Kier molecular flexibility index (Phi) is 8.43. The predicted octanol–water partition coefficient (Wildman–Crippen LogP) is 12.6. The monoisotopic (exact) mass is 715 g/mol. The molecule has 0 amide bonds. The molecule has 0 aliphatic carbocycles. The van der Waals surface area contributed by atoms with Gasteiger partial charge in [-0.15, -0.1) is 0 Å². The van der Waals surface area contributed by atoms with Crippen molar-refractivity contribution in [2.45, 2.75) is 0 Å². The van der Waals surface area contributed by atoms with Crippen molar-refractivity contribution in [1.29, 1.82) is 0 Å².